The van der Waals surface area contributed by atoms with Gasteiger partial charge in [-0.1, -0.05) is 0 Å². The van der Waals surface area contributed by atoms with Crippen LogP contribution in [0.5, 0.6) is 0 Å². The lowest BCUT2D eigenvalue weighted by molar-refractivity contribution is -0.117. The first kappa shape index (κ1) is 17.3. The normalized spacial score (nSPS) is 24.5. The van der Waals surface area contributed by atoms with Crippen molar-refractivity contribution in [3.8, 4) is 0 Å². The van der Waals surface area contributed by atoms with Gasteiger partial charge in [0.15, 0.2) is 0 Å². The van der Waals surface area contributed by atoms with E-state index in [-0.39, 0.29) is 24.1 Å². The Hall–Kier alpha value is -2.10. The lowest BCUT2D eigenvalue weighted by Gasteiger charge is -2.27. The number of H-pyrrole nitrogens is 1. The number of carbonyl (C=O) groups is 1. The minimum Gasteiger partial charge on any atom is -0.392 e. The third-order valence-electron chi connectivity index (χ3n) is 4.80. The fraction of sp³-hybridized carbons (Fsp3) is 0.471. The summed E-state index contributed by atoms with van der Waals surface area (Å²) < 4.78 is 0. The van der Waals surface area contributed by atoms with Gasteiger partial charge in [0.2, 0.25) is 0 Å². The number of anilines is 1. The monoisotopic (exact) mass is 374 g/mol. The summed E-state index contributed by atoms with van der Waals surface area (Å²) in [6.07, 6.45) is 5.56. The van der Waals surface area contributed by atoms with Crippen LogP contribution < -0.4 is 15.5 Å². The molecule has 2 aromatic heterocycles. The largest absolute Gasteiger partial charge is 0.392 e. The van der Waals surface area contributed by atoms with Crippen LogP contribution in [0.15, 0.2) is 29.7 Å². The van der Waals surface area contributed by atoms with Crippen LogP contribution in [0.1, 0.15) is 13.3 Å². The van der Waals surface area contributed by atoms with Gasteiger partial charge in [-0.3, -0.25) is 4.79 Å². The zero-order chi connectivity index (χ0) is 18.1. The van der Waals surface area contributed by atoms with E-state index >= 15 is 0 Å². The smallest absolute Gasteiger partial charge is 0.259 e. The number of aromatic nitrogens is 3. The molecule has 0 aromatic carbocycles. The van der Waals surface area contributed by atoms with Crippen LogP contribution in [0.4, 0.5) is 5.82 Å². The predicted molar refractivity (Wildman–Crippen MR) is 102 cm³/mol. The van der Waals surface area contributed by atoms with Gasteiger partial charge in [-0.25, -0.2) is 9.97 Å². The summed E-state index contributed by atoms with van der Waals surface area (Å²) in [6, 6.07) is 1.99. The first-order chi connectivity index (χ1) is 12.6. The van der Waals surface area contributed by atoms with E-state index < -0.39 is 0 Å². The number of amides is 1. The minimum atomic E-state index is -0.334. The summed E-state index contributed by atoms with van der Waals surface area (Å²) in [4.78, 5) is 27.1. The Morgan fingerprint density at radius 2 is 2.38 bits per heavy atom. The van der Waals surface area contributed by atoms with Gasteiger partial charge in [0.1, 0.15) is 17.8 Å². The van der Waals surface area contributed by atoms with Crippen molar-refractivity contribution < 1.29 is 9.90 Å². The van der Waals surface area contributed by atoms with Gasteiger partial charge in [0.05, 0.1) is 16.4 Å². The molecular weight excluding hydrogens is 352 g/mol. The molecule has 138 valence electrons. The number of aliphatic hydroxyl groups excluding tert-OH is 1. The Bertz CT molecular complexity index is 838. The van der Waals surface area contributed by atoms with E-state index in [1.54, 1.807) is 11.8 Å². The fourth-order valence-electron chi connectivity index (χ4n) is 3.38. The lowest BCUT2D eigenvalue weighted by Crippen LogP contribution is -2.46. The summed E-state index contributed by atoms with van der Waals surface area (Å²) in [5.74, 6) is 1.52. The molecule has 4 rings (SSSR count). The van der Waals surface area contributed by atoms with Crippen LogP contribution in [-0.4, -0.2) is 63.0 Å². The van der Waals surface area contributed by atoms with E-state index in [9.17, 15) is 9.90 Å². The number of aromatic amines is 1. The Morgan fingerprint density at radius 3 is 3.19 bits per heavy atom. The molecule has 4 heterocycles. The standard InChI is InChI=1S/C17H22N6O2S/c1-10(13-6-11(24)7-19-13)22-17(25)14-8-23(4-5-26-14)16-12-2-3-18-15(12)20-9-21-16/h2-3,8-11,13,19,24H,4-7H2,1H3,(H,22,25)(H,18,20,21)/t10?,11-,13-/m1/s1. The van der Waals surface area contributed by atoms with Gasteiger partial charge in [-0.05, 0) is 19.4 Å². The molecule has 0 radical (unpaired) electrons. The van der Waals surface area contributed by atoms with Gasteiger partial charge in [-0.2, -0.15) is 0 Å². The maximum absolute atomic E-state index is 12.7. The highest BCUT2D eigenvalue weighted by Gasteiger charge is 2.29. The highest BCUT2D eigenvalue weighted by Crippen LogP contribution is 2.29. The third-order valence-corrected chi connectivity index (χ3v) is 5.78. The first-order valence-corrected chi connectivity index (χ1v) is 9.72. The highest BCUT2D eigenvalue weighted by atomic mass is 32.2. The van der Waals surface area contributed by atoms with Gasteiger partial charge >= 0.3 is 0 Å². The summed E-state index contributed by atoms with van der Waals surface area (Å²) >= 11 is 1.55. The van der Waals surface area contributed by atoms with Crippen LogP contribution in [0.25, 0.3) is 11.0 Å². The Morgan fingerprint density at radius 1 is 1.50 bits per heavy atom. The molecule has 0 bridgehead atoms. The van der Waals surface area contributed by atoms with Crippen molar-refractivity contribution in [3.05, 3.63) is 29.7 Å². The van der Waals surface area contributed by atoms with Crippen molar-refractivity contribution in [1.82, 2.24) is 25.6 Å². The molecule has 8 nitrogen and oxygen atoms in total. The SMILES string of the molecule is CC(NC(=O)C1=CN(c2ncnc3[nH]ccc23)CCS1)[C@H]1C[C@@H](O)CN1. The average Bonchev–Trinajstić information content (AvgIpc) is 3.30. The quantitative estimate of drug-likeness (QED) is 0.620. The number of hydrogen-bond donors (Lipinski definition) is 4. The number of fused-ring (bicyclic) bond motifs is 1. The molecule has 0 aliphatic carbocycles. The second-order valence-corrected chi connectivity index (χ2v) is 7.78. The van der Waals surface area contributed by atoms with E-state index in [1.807, 2.05) is 30.3 Å². The van der Waals surface area contributed by atoms with Crippen LogP contribution in [0, 0.1) is 0 Å². The second-order valence-electron chi connectivity index (χ2n) is 6.64. The molecule has 1 amide bonds. The summed E-state index contributed by atoms with van der Waals surface area (Å²) in [7, 11) is 0. The number of thioether (sulfide) groups is 1. The summed E-state index contributed by atoms with van der Waals surface area (Å²) in [5.41, 5.74) is 0.784. The number of β-amino-alcohol motifs (C(OH)–C–C–N with tert-alkyl or cyclic N) is 1. The van der Waals surface area contributed by atoms with Crippen molar-refractivity contribution in [1.29, 1.82) is 0 Å². The number of carbonyl (C=O) groups excluding carboxylic acids is 1. The molecule has 4 N–H and O–H groups in total. The minimum absolute atomic E-state index is 0.0491. The number of hydrogen-bond acceptors (Lipinski definition) is 7. The highest BCUT2D eigenvalue weighted by molar-refractivity contribution is 8.04. The van der Waals surface area contributed by atoms with Crippen LogP contribution >= 0.6 is 11.8 Å². The van der Waals surface area contributed by atoms with Crippen molar-refractivity contribution >= 4 is 34.5 Å². The molecular formula is C17H22N6O2S. The molecule has 1 unspecified atom stereocenters. The van der Waals surface area contributed by atoms with Gasteiger partial charge < -0.3 is 25.6 Å². The van der Waals surface area contributed by atoms with Gasteiger partial charge in [-0.15, -0.1) is 11.8 Å². The number of aliphatic hydroxyl groups is 1. The molecule has 1 fully saturated rings. The zero-order valence-electron chi connectivity index (χ0n) is 14.5. The predicted octanol–water partition coefficient (Wildman–Crippen LogP) is 0.580. The lowest BCUT2D eigenvalue weighted by atomic mass is 10.1. The van der Waals surface area contributed by atoms with Crippen molar-refractivity contribution in [3.63, 3.8) is 0 Å². The molecule has 9 heteroatoms. The maximum Gasteiger partial charge on any atom is 0.259 e. The Labute approximate surface area is 155 Å². The van der Waals surface area contributed by atoms with Crippen LogP contribution in [0.2, 0.25) is 0 Å². The van der Waals surface area contributed by atoms with E-state index in [1.165, 1.54) is 6.33 Å². The Balaban J connectivity index is 1.49. The van der Waals surface area contributed by atoms with Crippen LogP contribution in [-0.2, 0) is 4.79 Å². The van der Waals surface area contributed by atoms with E-state index in [0.717, 1.165) is 29.1 Å². The fourth-order valence-corrected chi connectivity index (χ4v) is 4.28. The molecule has 3 atom stereocenters. The van der Waals surface area contributed by atoms with Crippen molar-refractivity contribution in [2.24, 2.45) is 0 Å². The average molecular weight is 374 g/mol. The first-order valence-electron chi connectivity index (χ1n) is 8.73. The van der Waals surface area contributed by atoms with Crippen molar-refractivity contribution in [2.45, 2.75) is 31.5 Å². The number of nitrogens with one attached hydrogen (secondary N) is 3. The Kier molecular flexibility index (Phi) is 4.84. The number of nitrogens with zero attached hydrogens (tertiary/aromatic N) is 3. The topological polar surface area (TPSA) is 106 Å². The molecule has 2 aliphatic rings. The van der Waals surface area contributed by atoms with E-state index in [4.69, 9.17) is 0 Å². The molecule has 0 saturated carbocycles. The number of rotatable bonds is 4. The molecule has 2 aromatic rings. The third kappa shape index (κ3) is 3.42. The van der Waals surface area contributed by atoms with E-state index in [2.05, 4.69) is 25.6 Å². The van der Waals surface area contributed by atoms with Gasteiger partial charge in [0, 0.05) is 43.3 Å². The summed E-state index contributed by atoms with van der Waals surface area (Å²) in [6.45, 7) is 3.33. The molecule has 0 spiro atoms. The van der Waals surface area contributed by atoms with Gasteiger partial charge in [0.25, 0.3) is 5.91 Å². The maximum atomic E-state index is 12.7. The van der Waals surface area contributed by atoms with Crippen molar-refractivity contribution in [2.75, 3.05) is 23.7 Å². The molecule has 2 aliphatic heterocycles. The van der Waals surface area contributed by atoms with E-state index in [0.29, 0.717) is 17.9 Å². The van der Waals surface area contributed by atoms with Crippen LogP contribution in [0.3, 0.4) is 0 Å². The zero-order valence-corrected chi connectivity index (χ0v) is 15.3. The second kappa shape index (κ2) is 7.26. The summed E-state index contributed by atoms with van der Waals surface area (Å²) in [5, 5.41) is 16.9. The molecule has 1 saturated heterocycles. The molecule has 26 heavy (non-hydrogen) atoms.